The number of carbonyl (C=O) groups excluding carboxylic acids is 1. The van der Waals surface area contributed by atoms with E-state index in [0.717, 1.165) is 0 Å². The van der Waals surface area contributed by atoms with E-state index >= 15 is 0 Å². The summed E-state index contributed by atoms with van der Waals surface area (Å²) < 4.78 is 20.2. The molecule has 1 aromatic carbocycles. The van der Waals surface area contributed by atoms with E-state index in [9.17, 15) is 9.18 Å². The second kappa shape index (κ2) is 4.37. The number of carbonyl (C=O) groups is 1. The second-order valence-corrected chi connectivity index (χ2v) is 3.58. The van der Waals surface area contributed by atoms with Crippen molar-refractivity contribution in [2.24, 2.45) is 7.05 Å². The Bertz CT molecular complexity index is 564. The maximum Gasteiger partial charge on any atom is 0.228 e. The van der Waals surface area contributed by atoms with E-state index in [4.69, 9.17) is 4.74 Å². The molecule has 0 aliphatic rings. The lowest BCUT2D eigenvalue weighted by molar-refractivity contribution is 0.112. The molecule has 0 radical (unpaired) electrons. The molecule has 2 rings (SSSR count). The normalized spacial score (nSPS) is 10.3. The van der Waals surface area contributed by atoms with Gasteiger partial charge in [0.15, 0.2) is 17.9 Å². The molecular formula is C12H11FN2O2. The minimum atomic E-state index is -0.483. The molecular weight excluding hydrogens is 223 g/mol. The average Bonchev–Trinajstić information content (AvgIpc) is 2.56. The van der Waals surface area contributed by atoms with Gasteiger partial charge >= 0.3 is 0 Å². The summed E-state index contributed by atoms with van der Waals surface area (Å²) in [5, 5.41) is 4.05. The topological polar surface area (TPSA) is 44.1 Å². The van der Waals surface area contributed by atoms with Crippen molar-refractivity contribution < 1.29 is 13.9 Å². The highest BCUT2D eigenvalue weighted by Gasteiger charge is 2.15. The molecule has 88 valence electrons. The van der Waals surface area contributed by atoms with E-state index in [-0.39, 0.29) is 11.6 Å². The Morgan fingerprint density at radius 2 is 2.12 bits per heavy atom. The van der Waals surface area contributed by atoms with E-state index in [1.54, 1.807) is 26.1 Å². The molecule has 0 saturated carbocycles. The maximum absolute atomic E-state index is 13.4. The van der Waals surface area contributed by atoms with E-state index < -0.39 is 5.82 Å². The Kier molecular flexibility index (Phi) is 2.91. The standard InChI is InChI=1S/C12H11FN2O2/c1-8-9(7-16)12(15(2)14-8)17-11-6-4-3-5-10(11)13/h3-7H,1-2H3. The summed E-state index contributed by atoms with van der Waals surface area (Å²) in [6.45, 7) is 1.69. The molecule has 0 saturated heterocycles. The third-order valence-corrected chi connectivity index (χ3v) is 2.38. The predicted octanol–water partition coefficient (Wildman–Crippen LogP) is 2.47. The lowest BCUT2D eigenvalue weighted by Gasteiger charge is -2.06. The van der Waals surface area contributed by atoms with E-state index in [1.165, 1.54) is 16.8 Å². The first-order valence-corrected chi connectivity index (χ1v) is 5.04. The second-order valence-electron chi connectivity index (χ2n) is 3.58. The maximum atomic E-state index is 13.4. The third-order valence-electron chi connectivity index (χ3n) is 2.38. The number of aryl methyl sites for hydroxylation is 2. The first-order valence-electron chi connectivity index (χ1n) is 5.04. The van der Waals surface area contributed by atoms with E-state index in [1.807, 2.05) is 0 Å². The van der Waals surface area contributed by atoms with Crippen LogP contribution in [-0.2, 0) is 7.05 Å². The first kappa shape index (κ1) is 11.3. The van der Waals surface area contributed by atoms with Gasteiger partial charge in [0.2, 0.25) is 5.88 Å². The van der Waals surface area contributed by atoms with Crippen molar-refractivity contribution in [1.29, 1.82) is 0 Å². The van der Waals surface area contributed by atoms with Gasteiger partial charge in [0, 0.05) is 7.05 Å². The number of aromatic nitrogens is 2. The van der Waals surface area contributed by atoms with Crippen LogP contribution in [0.3, 0.4) is 0 Å². The summed E-state index contributed by atoms with van der Waals surface area (Å²) in [5.41, 5.74) is 0.879. The Hall–Kier alpha value is -2.17. The number of para-hydroxylation sites is 1. The molecule has 1 aromatic heterocycles. The number of benzene rings is 1. The number of halogens is 1. The number of nitrogens with zero attached hydrogens (tertiary/aromatic N) is 2. The molecule has 2 aromatic rings. The van der Waals surface area contributed by atoms with Crippen LogP contribution in [0.5, 0.6) is 11.6 Å². The zero-order chi connectivity index (χ0) is 12.4. The number of hydrogen-bond donors (Lipinski definition) is 0. The quantitative estimate of drug-likeness (QED) is 0.766. The Morgan fingerprint density at radius 3 is 2.76 bits per heavy atom. The molecule has 0 bridgehead atoms. The number of ether oxygens (including phenoxy) is 1. The zero-order valence-corrected chi connectivity index (χ0v) is 9.48. The van der Waals surface area contributed by atoms with E-state index in [0.29, 0.717) is 17.5 Å². The molecule has 1 heterocycles. The van der Waals surface area contributed by atoms with Crippen LogP contribution in [0, 0.1) is 12.7 Å². The lowest BCUT2D eigenvalue weighted by Crippen LogP contribution is -1.98. The summed E-state index contributed by atoms with van der Waals surface area (Å²) in [4.78, 5) is 10.9. The van der Waals surface area contributed by atoms with Crippen molar-refractivity contribution in [2.75, 3.05) is 0 Å². The first-order chi connectivity index (χ1) is 8.13. The van der Waals surface area contributed by atoms with Gasteiger partial charge in [-0.1, -0.05) is 12.1 Å². The molecule has 0 atom stereocenters. The van der Waals surface area contributed by atoms with Gasteiger partial charge in [-0.05, 0) is 19.1 Å². The van der Waals surface area contributed by atoms with Crippen molar-refractivity contribution in [1.82, 2.24) is 9.78 Å². The third kappa shape index (κ3) is 2.04. The molecule has 0 unspecified atom stereocenters. The van der Waals surface area contributed by atoms with E-state index in [2.05, 4.69) is 5.10 Å². The van der Waals surface area contributed by atoms with Crippen LogP contribution >= 0.6 is 0 Å². The van der Waals surface area contributed by atoms with Gasteiger partial charge in [-0.2, -0.15) is 5.10 Å². The fourth-order valence-corrected chi connectivity index (χ4v) is 1.54. The average molecular weight is 234 g/mol. The Labute approximate surface area is 97.6 Å². The Balaban J connectivity index is 2.43. The highest BCUT2D eigenvalue weighted by atomic mass is 19.1. The van der Waals surface area contributed by atoms with Crippen molar-refractivity contribution in [3.63, 3.8) is 0 Å². The van der Waals surface area contributed by atoms with Gasteiger partial charge < -0.3 is 4.74 Å². The molecule has 0 aliphatic heterocycles. The van der Waals surface area contributed by atoms with Gasteiger partial charge in [0.1, 0.15) is 0 Å². The monoisotopic (exact) mass is 234 g/mol. The van der Waals surface area contributed by atoms with Crippen molar-refractivity contribution in [2.45, 2.75) is 6.92 Å². The van der Waals surface area contributed by atoms with Gasteiger partial charge in [-0.3, -0.25) is 4.79 Å². The van der Waals surface area contributed by atoms with Crippen LogP contribution in [0.25, 0.3) is 0 Å². The SMILES string of the molecule is Cc1nn(C)c(Oc2ccccc2F)c1C=O. The minimum Gasteiger partial charge on any atom is -0.435 e. The molecule has 0 aliphatic carbocycles. The summed E-state index contributed by atoms with van der Waals surface area (Å²) in [5.74, 6) is -0.176. The summed E-state index contributed by atoms with van der Waals surface area (Å²) in [7, 11) is 1.64. The number of hydrogen-bond acceptors (Lipinski definition) is 3. The minimum absolute atomic E-state index is 0.0681. The van der Waals surface area contributed by atoms with Crippen molar-refractivity contribution in [3.05, 3.63) is 41.3 Å². The highest BCUT2D eigenvalue weighted by molar-refractivity contribution is 5.80. The summed E-state index contributed by atoms with van der Waals surface area (Å²) in [6, 6.07) is 6.00. The molecule has 5 heteroatoms. The summed E-state index contributed by atoms with van der Waals surface area (Å²) in [6.07, 6.45) is 0.651. The van der Waals surface area contributed by atoms with Gasteiger partial charge in [0.05, 0.1) is 11.3 Å². The van der Waals surface area contributed by atoms with Crippen LogP contribution in [0.15, 0.2) is 24.3 Å². The fraction of sp³-hybridized carbons (Fsp3) is 0.167. The highest BCUT2D eigenvalue weighted by Crippen LogP contribution is 2.27. The lowest BCUT2D eigenvalue weighted by atomic mass is 10.3. The van der Waals surface area contributed by atoms with Crippen molar-refractivity contribution in [3.8, 4) is 11.6 Å². The van der Waals surface area contributed by atoms with Crippen molar-refractivity contribution >= 4 is 6.29 Å². The molecule has 0 N–H and O–H groups in total. The van der Waals surface area contributed by atoms with Crippen LogP contribution < -0.4 is 4.74 Å². The largest absolute Gasteiger partial charge is 0.435 e. The van der Waals surface area contributed by atoms with Gasteiger partial charge in [-0.15, -0.1) is 0 Å². The summed E-state index contributed by atoms with van der Waals surface area (Å²) >= 11 is 0. The van der Waals surface area contributed by atoms with Crippen LogP contribution in [0.4, 0.5) is 4.39 Å². The molecule has 0 amide bonds. The Morgan fingerprint density at radius 1 is 1.41 bits per heavy atom. The van der Waals surface area contributed by atoms with Gasteiger partial charge in [0.25, 0.3) is 0 Å². The molecule has 0 spiro atoms. The zero-order valence-electron chi connectivity index (χ0n) is 9.48. The van der Waals surface area contributed by atoms with Crippen LogP contribution in [-0.4, -0.2) is 16.1 Å². The van der Waals surface area contributed by atoms with Gasteiger partial charge in [-0.25, -0.2) is 9.07 Å². The van der Waals surface area contributed by atoms with Crippen LogP contribution in [0.1, 0.15) is 16.1 Å². The molecule has 17 heavy (non-hydrogen) atoms. The van der Waals surface area contributed by atoms with Crippen LogP contribution in [0.2, 0.25) is 0 Å². The fourth-order valence-electron chi connectivity index (χ4n) is 1.54. The molecule has 4 nitrogen and oxygen atoms in total. The molecule has 0 fully saturated rings. The number of aldehydes is 1. The smallest absolute Gasteiger partial charge is 0.228 e. The predicted molar refractivity (Wildman–Crippen MR) is 59.8 cm³/mol. The number of rotatable bonds is 3.